The first-order valence-corrected chi connectivity index (χ1v) is 6.79. The van der Waals surface area contributed by atoms with E-state index < -0.39 is 0 Å². The van der Waals surface area contributed by atoms with Crippen LogP contribution in [0, 0.1) is 0 Å². The van der Waals surface area contributed by atoms with Gasteiger partial charge >= 0.3 is 0 Å². The van der Waals surface area contributed by atoms with E-state index in [2.05, 4.69) is 60.3 Å². The Morgan fingerprint density at radius 1 is 1.21 bits per heavy atom. The summed E-state index contributed by atoms with van der Waals surface area (Å²) in [5.74, 6) is 1.30. The molecule has 1 N–H and O–H groups in total. The molecular weight excluding hydrogens is 234 g/mol. The van der Waals surface area contributed by atoms with Gasteiger partial charge in [0.15, 0.2) is 0 Å². The van der Waals surface area contributed by atoms with Crippen LogP contribution in [-0.2, 0) is 6.42 Å². The van der Waals surface area contributed by atoms with Crippen LogP contribution in [0.3, 0.4) is 0 Å². The Labute approximate surface area is 115 Å². The number of hydrogen-bond donors (Lipinski definition) is 1. The summed E-state index contributed by atoms with van der Waals surface area (Å²) < 4.78 is 0. The third-order valence-corrected chi connectivity index (χ3v) is 3.31. The third-order valence-electron chi connectivity index (χ3n) is 3.31. The lowest BCUT2D eigenvalue weighted by molar-refractivity contribution is 0.852. The van der Waals surface area contributed by atoms with Gasteiger partial charge in [0.1, 0.15) is 12.1 Å². The number of anilines is 1. The van der Waals surface area contributed by atoms with Gasteiger partial charge in [0.2, 0.25) is 0 Å². The fourth-order valence-corrected chi connectivity index (χ4v) is 2.31. The number of nitrogens with one attached hydrogen (secondary N) is 1. The summed E-state index contributed by atoms with van der Waals surface area (Å²) in [5, 5.41) is 3.16. The maximum atomic E-state index is 4.50. The van der Waals surface area contributed by atoms with Crippen molar-refractivity contribution >= 4 is 5.82 Å². The van der Waals surface area contributed by atoms with Crippen molar-refractivity contribution in [3.63, 3.8) is 0 Å². The van der Waals surface area contributed by atoms with Crippen LogP contribution in [0.5, 0.6) is 0 Å². The van der Waals surface area contributed by atoms with Gasteiger partial charge in [0.05, 0.1) is 5.69 Å². The van der Waals surface area contributed by atoms with Crippen molar-refractivity contribution in [3.8, 4) is 11.3 Å². The number of aromatic nitrogens is 2. The molecule has 0 fully saturated rings. The smallest absolute Gasteiger partial charge is 0.133 e. The van der Waals surface area contributed by atoms with Crippen molar-refractivity contribution in [3.05, 3.63) is 41.7 Å². The summed E-state index contributed by atoms with van der Waals surface area (Å²) in [6.45, 7) is 6.51. The van der Waals surface area contributed by atoms with Gasteiger partial charge in [-0.2, -0.15) is 0 Å². The number of nitrogens with zero attached hydrogens (tertiary/aromatic N) is 2. The van der Waals surface area contributed by atoms with Gasteiger partial charge in [-0.3, -0.25) is 0 Å². The first-order chi connectivity index (χ1) is 9.17. The molecule has 0 atom stereocenters. The van der Waals surface area contributed by atoms with Crippen molar-refractivity contribution in [2.45, 2.75) is 33.1 Å². The molecule has 3 nitrogen and oxygen atoms in total. The maximum absolute atomic E-state index is 4.50. The van der Waals surface area contributed by atoms with Gasteiger partial charge in [-0.25, -0.2) is 9.97 Å². The number of hydrogen-bond acceptors (Lipinski definition) is 3. The molecule has 0 unspecified atom stereocenters. The average molecular weight is 255 g/mol. The summed E-state index contributed by atoms with van der Waals surface area (Å²) in [5.41, 5.74) is 4.71. The molecule has 1 aromatic heterocycles. The van der Waals surface area contributed by atoms with Crippen molar-refractivity contribution in [1.29, 1.82) is 0 Å². The van der Waals surface area contributed by atoms with Crippen LogP contribution in [0.1, 0.15) is 37.8 Å². The second-order valence-corrected chi connectivity index (χ2v) is 4.94. The lowest BCUT2D eigenvalue weighted by atomic mass is 9.96. The zero-order valence-electron chi connectivity index (χ0n) is 12.1. The van der Waals surface area contributed by atoms with Crippen LogP contribution in [0.2, 0.25) is 0 Å². The minimum atomic E-state index is 0.379. The van der Waals surface area contributed by atoms with E-state index in [1.807, 2.05) is 7.05 Å². The van der Waals surface area contributed by atoms with Gasteiger partial charge in [0.25, 0.3) is 0 Å². The van der Waals surface area contributed by atoms with Gasteiger partial charge in [-0.15, -0.1) is 0 Å². The van der Waals surface area contributed by atoms with E-state index in [1.165, 1.54) is 16.7 Å². The first kappa shape index (κ1) is 13.5. The molecule has 0 aliphatic heterocycles. The van der Waals surface area contributed by atoms with Crippen molar-refractivity contribution in [2.75, 3.05) is 12.4 Å². The summed E-state index contributed by atoms with van der Waals surface area (Å²) in [6.07, 6.45) is 2.67. The van der Waals surface area contributed by atoms with Crippen molar-refractivity contribution < 1.29 is 0 Å². The van der Waals surface area contributed by atoms with Crippen LogP contribution >= 0.6 is 0 Å². The topological polar surface area (TPSA) is 37.8 Å². The summed E-state index contributed by atoms with van der Waals surface area (Å²) in [6, 6.07) is 8.58. The van der Waals surface area contributed by atoms with Crippen LogP contribution in [0.15, 0.2) is 30.6 Å². The lowest BCUT2D eigenvalue weighted by Gasteiger charge is -2.16. The highest BCUT2D eigenvalue weighted by Crippen LogP contribution is 2.31. The molecule has 100 valence electrons. The molecule has 3 heteroatoms. The molecule has 0 aliphatic carbocycles. The normalized spacial score (nSPS) is 10.8. The lowest BCUT2D eigenvalue weighted by Crippen LogP contribution is -2.04. The largest absolute Gasteiger partial charge is 0.373 e. The fourth-order valence-electron chi connectivity index (χ4n) is 2.31. The highest BCUT2D eigenvalue weighted by atomic mass is 15.0. The van der Waals surface area contributed by atoms with Gasteiger partial charge < -0.3 is 5.32 Å². The molecule has 1 aromatic carbocycles. The van der Waals surface area contributed by atoms with Crippen molar-refractivity contribution in [2.24, 2.45) is 0 Å². The van der Waals surface area contributed by atoms with E-state index in [0.717, 1.165) is 17.9 Å². The highest BCUT2D eigenvalue weighted by Gasteiger charge is 2.15. The molecule has 2 aromatic rings. The fraction of sp³-hybridized carbons (Fsp3) is 0.375. The SMILES string of the molecule is CCc1cccc(-c2ncnc(NC)c2C(C)C)c1. The van der Waals surface area contributed by atoms with E-state index in [1.54, 1.807) is 6.33 Å². The number of benzene rings is 1. The molecule has 0 saturated carbocycles. The van der Waals surface area contributed by atoms with Crippen LogP contribution in [0.25, 0.3) is 11.3 Å². The first-order valence-electron chi connectivity index (χ1n) is 6.79. The second-order valence-electron chi connectivity index (χ2n) is 4.94. The summed E-state index contributed by atoms with van der Waals surface area (Å²) in [4.78, 5) is 8.83. The summed E-state index contributed by atoms with van der Waals surface area (Å²) >= 11 is 0. The zero-order valence-corrected chi connectivity index (χ0v) is 12.1. The zero-order chi connectivity index (χ0) is 13.8. The number of rotatable bonds is 4. The molecule has 19 heavy (non-hydrogen) atoms. The molecule has 1 heterocycles. The van der Waals surface area contributed by atoms with Gasteiger partial charge in [0, 0.05) is 18.2 Å². The molecule has 0 radical (unpaired) electrons. The molecule has 0 bridgehead atoms. The van der Waals surface area contributed by atoms with E-state index in [-0.39, 0.29) is 0 Å². The van der Waals surface area contributed by atoms with E-state index >= 15 is 0 Å². The second kappa shape index (κ2) is 5.83. The van der Waals surface area contributed by atoms with E-state index in [4.69, 9.17) is 0 Å². The quantitative estimate of drug-likeness (QED) is 0.901. The Balaban J connectivity index is 2.60. The monoisotopic (exact) mass is 255 g/mol. The Morgan fingerprint density at radius 2 is 2.00 bits per heavy atom. The average Bonchev–Trinajstić information content (AvgIpc) is 2.46. The van der Waals surface area contributed by atoms with Crippen molar-refractivity contribution in [1.82, 2.24) is 9.97 Å². The Morgan fingerprint density at radius 3 is 2.63 bits per heavy atom. The minimum Gasteiger partial charge on any atom is -0.373 e. The Kier molecular flexibility index (Phi) is 4.15. The highest BCUT2D eigenvalue weighted by molar-refractivity contribution is 5.69. The minimum absolute atomic E-state index is 0.379. The van der Waals surface area contributed by atoms with Crippen LogP contribution in [-0.4, -0.2) is 17.0 Å². The Hall–Kier alpha value is -1.90. The molecular formula is C16H21N3. The molecule has 0 amide bonds. The predicted molar refractivity (Wildman–Crippen MR) is 80.5 cm³/mol. The van der Waals surface area contributed by atoms with Gasteiger partial charge in [-0.05, 0) is 24.0 Å². The number of aryl methyl sites for hydroxylation is 1. The Bertz CT molecular complexity index is 562. The summed E-state index contributed by atoms with van der Waals surface area (Å²) in [7, 11) is 1.90. The van der Waals surface area contributed by atoms with E-state index in [9.17, 15) is 0 Å². The van der Waals surface area contributed by atoms with Gasteiger partial charge in [-0.1, -0.05) is 39.0 Å². The molecule has 0 saturated heterocycles. The molecule has 2 rings (SSSR count). The molecule has 0 spiro atoms. The van der Waals surface area contributed by atoms with Crippen LogP contribution < -0.4 is 5.32 Å². The van der Waals surface area contributed by atoms with E-state index in [0.29, 0.717) is 5.92 Å². The maximum Gasteiger partial charge on any atom is 0.133 e. The predicted octanol–water partition coefficient (Wildman–Crippen LogP) is 3.87. The van der Waals surface area contributed by atoms with Crippen LogP contribution in [0.4, 0.5) is 5.82 Å². The molecule has 0 aliphatic rings. The third kappa shape index (κ3) is 2.75. The standard InChI is InChI=1S/C16H21N3/c1-5-12-7-6-8-13(9-12)15-14(11(2)3)16(17-4)19-10-18-15/h6-11H,5H2,1-4H3,(H,17,18,19).